The topological polar surface area (TPSA) is 94.7 Å². The molecule has 2 rings (SSSR count). The van der Waals surface area contributed by atoms with Crippen LogP contribution < -0.4 is 15.0 Å². The summed E-state index contributed by atoms with van der Waals surface area (Å²) < 4.78 is 5.29. The molecule has 0 aliphatic carbocycles. The minimum atomic E-state index is -0.465. The molecule has 0 atom stereocenters. The molecule has 1 aromatic rings. The highest BCUT2D eigenvalue weighted by Gasteiger charge is 2.25. The fourth-order valence-electron chi connectivity index (χ4n) is 3.41. The van der Waals surface area contributed by atoms with Gasteiger partial charge in [-0.3, -0.25) is 10.1 Å². The van der Waals surface area contributed by atoms with Crippen LogP contribution >= 0.6 is 0 Å². The van der Waals surface area contributed by atoms with Crippen LogP contribution in [0.3, 0.4) is 0 Å². The molecule has 1 heterocycles. The van der Waals surface area contributed by atoms with Crippen molar-refractivity contribution in [3.8, 4) is 5.75 Å². The van der Waals surface area contributed by atoms with Gasteiger partial charge in [-0.1, -0.05) is 18.7 Å². The lowest BCUT2D eigenvalue weighted by molar-refractivity contribution is -0.385. The van der Waals surface area contributed by atoms with Gasteiger partial charge in [0.25, 0.3) is 0 Å². The largest absolute Gasteiger partial charge is 0.490 e. The normalized spacial score (nSPS) is 15.3. The SMILES string of the molecule is C=C/C(=C\C=C/C)N1CCN(c2cc(OC)c([N+](=O)[O-])cc2/C(C=N)=C/NC)CC1. The van der Waals surface area contributed by atoms with Gasteiger partial charge in [0, 0.05) is 80.3 Å². The Kier molecular flexibility index (Phi) is 8.22. The highest BCUT2D eigenvalue weighted by Crippen LogP contribution is 2.38. The van der Waals surface area contributed by atoms with E-state index < -0.39 is 4.92 Å². The standard InChI is InChI=1S/C22H29N5O3/c1-5-7-8-18(6-2)25-9-11-26(12-10-25)20-14-22(30-4)21(27(28)29)13-19(20)17(15-23)16-24-3/h5-8,13-16,23-24H,2,9-12H2,1,3-4H3/b7-5-,17-16+,18-8+,23-15?. The number of hydrogen-bond acceptors (Lipinski definition) is 7. The quantitative estimate of drug-likeness (QED) is 0.279. The van der Waals surface area contributed by atoms with E-state index >= 15 is 0 Å². The van der Waals surface area contributed by atoms with Crippen LogP contribution in [-0.2, 0) is 0 Å². The Morgan fingerprint density at radius 2 is 2.03 bits per heavy atom. The molecule has 0 radical (unpaired) electrons. The molecule has 1 saturated heterocycles. The van der Waals surface area contributed by atoms with Crippen molar-refractivity contribution in [2.24, 2.45) is 0 Å². The Hall–Kier alpha value is -3.55. The molecular formula is C22H29N5O3. The summed E-state index contributed by atoms with van der Waals surface area (Å²) in [7, 11) is 3.15. The number of nitrogens with zero attached hydrogens (tertiary/aromatic N) is 3. The summed E-state index contributed by atoms with van der Waals surface area (Å²) in [6, 6.07) is 3.18. The number of benzene rings is 1. The first-order valence-electron chi connectivity index (χ1n) is 9.70. The van der Waals surface area contributed by atoms with Crippen LogP contribution in [0.2, 0.25) is 0 Å². The fourth-order valence-corrected chi connectivity index (χ4v) is 3.41. The molecule has 1 aromatic carbocycles. The van der Waals surface area contributed by atoms with Crippen molar-refractivity contribution in [2.45, 2.75) is 6.92 Å². The summed E-state index contributed by atoms with van der Waals surface area (Å²) >= 11 is 0. The van der Waals surface area contributed by atoms with Crippen LogP contribution in [0.25, 0.3) is 5.57 Å². The van der Waals surface area contributed by atoms with E-state index in [1.165, 1.54) is 19.4 Å². The lowest BCUT2D eigenvalue weighted by Crippen LogP contribution is -2.46. The van der Waals surface area contributed by atoms with E-state index in [1.807, 2.05) is 31.2 Å². The highest BCUT2D eigenvalue weighted by atomic mass is 16.6. The van der Waals surface area contributed by atoms with Crippen LogP contribution in [0, 0.1) is 15.5 Å². The number of nitro groups is 1. The van der Waals surface area contributed by atoms with E-state index in [0.29, 0.717) is 11.1 Å². The molecule has 8 heteroatoms. The molecule has 1 fully saturated rings. The van der Waals surface area contributed by atoms with Gasteiger partial charge in [0.05, 0.1) is 12.0 Å². The van der Waals surface area contributed by atoms with Gasteiger partial charge in [0.15, 0.2) is 5.75 Å². The molecule has 0 aromatic heterocycles. The summed E-state index contributed by atoms with van der Waals surface area (Å²) in [5, 5.41) is 22.2. The van der Waals surface area contributed by atoms with Crippen LogP contribution in [0.4, 0.5) is 11.4 Å². The van der Waals surface area contributed by atoms with Crippen molar-refractivity contribution >= 4 is 23.2 Å². The summed E-state index contributed by atoms with van der Waals surface area (Å²) in [6.45, 7) is 8.88. The number of ether oxygens (including phenoxy) is 1. The van der Waals surface area contributed by atoms with Crippen LogP contribution in [-0.4, -0.2) is 56.4 Å². The van der Waals surface area contributed by atoms with E-state index in [1.54, 1.807) is 19.3 Å². The molecule has 0 amide bonds. The zero-order valence-electron chi connectivity index (χ0n) is 17.7. The maximum atomic E-state index is 11.5. The Morgan fingerprint density at radius 1 is 1.33 bits per heavy atom. The zero-order chi connectivity index (χ0) is 22.1. The predicted molar refractivity (Wildman–Crippen MR) is 122 cm³/mol. The van der Waals surface area contributed by atoms with Crippen LogP contribution in [0.5, 0.6) is 5.75 Å². The molecule has 30 heavy (non-hydrogen) atoms. The van der Waals surface area contributed by atoms with Gasteiger partial charge in [-0.05, 0) is 19.1 Å². The molecule has 0 unspecified atom stereocenters. The first-order chi connectivity index (χ1) is 14.5. The monoisotopic (exact) mass is 411 g/mol. The van der Waals surface area contributed by atoms with E-state index in [2.05, 4.69) is 21.7 Å². The zero-order valence-corrected chi connectivity index (χ0v) is 17.7. The van der Waals surface area contributed by atoms with E-state index in [0.717, 1.165) is 37.6 Å². The van der Waals surface area contributed by atoms with Gasteiger partial charge in [-0.15, -0.1) is 0 Å². The molecular weight excluding hydrogens is 382 g/mol. The smallest absolute Gasteiger partial charge is 0.311 e. The van der Waals surface area contributed by atoms with Crippen molar-refractivity contribution in [3.05, 3.63) is 70.6 Å². The lowest BCUT2D eigenvalue weighted by Gasteiger charge is -2.38. The predicted octanol–water partition coefficient (Wildman–Crippen LogP) is 3.58. The van der Waals surface area contributed by atoms with Crippen molar-refractivity contribution in [1.29, 1.82) is 5.41 Å². The third-order valence-corrected chi connectivity index (χ3v) is 4.91. The van der Waals surface area contributed by atoms with Crippen LogP contribution in [0.1, 0.15) is 12.5 Å². The number of methoxy groups -OCH3 is 1. The molecule has 2 N–H and O–H groups in total. The summed E-state index contributed by atoms with van der Waals surface area (Å²) in [5.41, 5.74) is 2.92. The van der Waals surface area contributed by atoms with E-state index in [4.69, 9.17) is 10.1 Å². The average molecular weight is 412 g/mol. The van der Waals surface area contributed by atoms with Gasteiger partial charge in [-0.25, -0.2) is 0 Å². The molecule has 160 valence electrons. The highest BCUT2D eigenvalue weighted by molar-refractivity contribution is 6.11. The summed E-state index contributed by atoms with van der Waals surface area (Å²) in [5.74, 6) is 0.203. The van der Waals surface area contributed by atoms with E-state index in [9.17, 15) is 10.1 Å². The molecule has 1 aliphatic rings. The molecule has 8 nitrogen and oxygen atoms in total. The Morgan fingerprint density at radius 3 is 2.53 bits per heavy atom. The van der Waals surface area contributed by atoms with Crippen molar-refractivity contribution in [3.63, 3.8) is 0 Å². The van der Waals surface area contributed by atoms with E-state index in [-0.39, 0.29) is 11.4 Å². The summed E-state index contributed by atoms with van der Waals surface area (Å²) in [6.07, 6.45) is 10.7. The molecule has 0 saturated carbocycles. The molecule has 1 aliphatic heterocycles. The van der Waals surface area contributed by atoms with Crippen molar-refractivity contribution < 1.29 is 9.66 Å². The third-order valence-electron chi connectivity index (χ3n) is 4.91. The first kappa shape index (κ1) is 22.7. The Balaban J connectivity index is 2.43. The van der Waals surface area contributed by atoms with Crippen molar-refractivity contribution in [1.82, 2.24) is 10.2 Å². The maximum Gasteiger partial charge on any atom is 0.311 e. The minimum Gasteiger partial charge on any atom is -0.490 e. The van der Waals surface area contributed by atoms with Gasteiger partial charge in [0.1, 0.15) is 0 Å². The summed E-state index contributed by atoms with van der Waals surface area (Å²) in [4.78, 5) is 15.5. The molecule has 0 spiro atoms. The minimum absolute atomic E-state index is 0.123. The number of anilines is 1. The fraction of sp³-hybridized carbons (Fsp3) is 0.318. The number of nitrogens with one attached hydrogen (secondary N) is 2. The molecule has 0 bridgehead atoms. The maximum absolute atomic E-state index is 11.5. The Labute approximate surface area is 177 Å². The second-order valence-electron chi connectivity index (χ2n) is 6.63. The van der Waals surface area contributed by atoms with Crippen LogP contribution in [0.15, 0.2) is 54.9 Å². The number of nitro benzene ring substituents is 1. The second kappa shape index (κ2) is 10.8. The third kappa shape index (κ3) is 5.08. The van der Waals surface area contributed by atoms with Gasteiger partial charge in [0.2, 0.25) is 0 Å². The average Bonchev–Trinajstić information content (AvgIpc) is 2.77. The Bertz CT molecular complexity index is 881. The van der Waals surface area contributed by atoms with Gasteiger partial charge < -0.3 is 25.3 Å². The van der Waals surface area contributed by atoms with Gasteiger partial charge >= 0.3 is 5.69 Å². The van der Waals surface area contributed by atoms with Crippen molar-refractivity contribution in [2.75, 3.05) is 45.2 Å². The number of piperazine rings is 1. The number of rotatable bonds is 9. The second-order valence-corrected chi connectivity index (χ2v) is 6.63. The number of hydrogen-bond donors (Lipinski definition) is 2. The van der Waals surface area contributed by atoms with Gasteiger partial charge in [-0.2, -0.15) is 0 Å². The number of allylic oxidation sites excluding steroid dienone is 5. The lowest BCUT2D eigenvalue weighted by atomic mass is 10.0. The first-order valence-corrected chi connectivity index (χ1v) is 9.70.